The summed E-state index contributed by atoms with van der Waals surface area (Å²) in [6.45, 7) is 6.00. The maximum atomic E-state index is 13.2. The number of hydrogen-bond acceptors (Lipinski definition) is 3. The van der Waals surface area contributed by atoms with Crippen molar-refractivity contribution in [3.63, 3.8) is 0 Å². The van der Waals surface area contributed by atoms with Crippen LogP contribution in [-0.4, -0.2) is 44.6 Å². The average molecular weight is 415 g/mol. The lowest BCUT2D eigenvalue weighted by Gasteiger charge is -2.28. The number of amides is 1. The van der Waals surface area contributed by atoms with Gasteiger partial charge in [-0.25, -0.2) is 4.99 Å². The summed E-state index contributed by atoms with van der Waals surface area (Å²) in [5.74, 6) is -0.0299. The predicted molar refractivity (Wildman–Crippen MR) is 105 cm³/mol. The molecule has 1 saturated heterocycles. The average Bonchev–Trinajstić information content (AvgIpc) is 2.89. The Morgan fingerprint density at radius 3 is 2.62 bits per heavy atom. The van der Waals surface area contributed by atoms with Gasteiger partial charge in [0.25, 0.3) is 5.91 Å². The van der Waals surface area contributed by atoms with Gasteiger partial charge in [0, 0.05) is 10.0 Å². The first-order chi connectivity index (χ1) is 12.6. The van der Waals surface area contributed by atoms with E-state index in [1.54, 1.807) is 0 Å². The summed E-state index contributed by atoms with van der Waals surface area (Å²) >= 11 is 3.52. The van der Waals surface area contributed by atoms with E-state index < -0.39 is 0 Å². The van der Waals surface area contributed by atoms with Crippen LogP contribution in [0.3, 0.4) is 0 Å². The summed E-state index contributed by atoms with van der Waals surface area (Å²) in [5.41, 5.74) is 4.30. The number of nitrogens with zero attached hydrogens (tertiary/aromatic N) is 2. The van der Waals surface area contributed by atoms with Crippen molar-refractivity contribution in [2.75, 3.05) is 37.9 Å². The number of halogens is 1. The first-order valence-electron chi connectivity index (χ1n) is 8.80. The first kappa shape index (κ1) is 17.4. The molecule has 0 radical (unpaired) electrons. The fourth-order valence-corrected chi connectivity index (χ4v) is 3.70. The number of rotatable bonds is 3. The van der Waals surface area contributed by atoms with Gasteiger partial charge in [-0.2, -0.15) is 0 Å². The Morgan fingerprint density at radius 2 is 1.88 bits per heavy atom. The Morgan fingerprint density at radius 1 is 1.15 bits per heavy atom. The molecular weight excluding hydrogens is 394 g/mol. The van der Waals surface area contributed by atoms with Crippen LogP contribution in [0.2, 0.25) is 0 Å². The van der Waals surface area contributed by atoms with Crippen molar-refractivity contribution in [2.24, 2.45) is 4.99 Å². The largest absolute Gasteiger partial charge is 0.370 e. The standard InChI is InChI=1S/C20H20BrN3O2/c1-14-2-5-16(6-3-14)22-19-17-12-15(21)4-7-18(17)24(20(19)25)13-23-8-10-26-11-9-23/h2-7,12H,8-11,13H2,1H3/p+1. The zero-order chi connectivity index (χ0) is 18.1. The van der Waals surface area contributed by atoms with Crippen molar-refractivity contribution in [3.05, 3.63) is 58.1 Å². The number of morpholine rings is 1. The van der Waals surface area contributed by atoms with Gasteiger partial charge in [0.15, 0.2) is 6.67 Å². The molecule has 1 amide bonds. The van der Waals surface area contributed by atoms with E-state index in [-0.39, 0.29) is 5.91 Å². The second-order valence-corrected chi connectivity index (χ2v) is 7.63. The molecule has 5 nitrogen and oxygen atoms in total. The topological polar surface area (TPSA) is 46.3 Å². The zero-order valence-corrected chi connectivity index (χ0v) is 16.3. The highest BCUT2D eigenvalue weighted by molar-refractivity contribution is 9.10. The van der Waals surface area contributed by atoms with Crippen LogP contribution < -0.4 is 9.80 Å². The van der Waals surface area contributed by atoms with Crippen LogP contribution in [0.1, 0.15) is 11.1 Å². The summed E-state index contributed by atoms with van der Waals surface area (Å²) in [4.78, 5) is 21.0. The Bertz CT molecular complexity index is 858. The van der Waals surface area contributed by atoms with Gasteiger partial charge in [-0.3, -0.25) is 9.69 Å². The molecule has 1 fully saturated rings. The summed E-state index contributed by atoms with van der Waals surface area (Å²) in [6, 6.07) is 13.9. The number of carbonyl (C=O) groups is 1. The number of ether oxygens (including phenoxy) is 1. The third-order valence-corrected chi connectivity index (χ3v) is 5.30. The number of benzene rings is 2. The number of carbonyl (C=O) groups excluding carboxylic acids is 1. The van der Waals surface area contributed by atoms with Gasteiger partial charge < -0.3 is 9.64 Å². The van der Waals surface area contributed by atoms with Gasteiger partial charge in [-0.05, 0) is 37.3 Å². The minimum Gasteiger partial charge on any atom is -0.370 e. The third-order valence-electron chi connectivity index (χ3n) is 4.81. The second-order valence-electron chi connectivity index (χ2n) is 6.71. The third kappa shape index (κ3) is 3.45. The Kier molecular flexibility index (Phi) is 4.89. The van der Waals surface area contributed by atoms with Crippen molar-refractivity contribution >= 4 is 38.9 Å². The normalized spacial score (nSPS) is 19.2. The van der Waals surface area contributed by atoms with Gasteiger partial charge in [-0.15, -0.1) is 0 Å². The van der Waals surface area contributed by atoms with Crippen molar-refractivity contribution < 1.29 is 14.4 Å². The summed E-state index contributed by atoms with van der Waals surface area (Å²) in [6.07, 6.45) is 0. The number of fused-ring (bicyclic) bond motifs is 1. The van der Waals surface area contributed by atoms with Crippen LogP contribution in [0.4, 0.5) is 11.4 Å². The van der Waals surface area contributed by atoms with E-state index >= 15 is 0 Å². The van der Waals surface area contributed by atoms with Gasteiger partial charge in [0.1, 0.15) is 18.8 Å². The van der Waals surface area contributed by atoms with Crippen LogP contribution in [0, 0.1) is 6.92 Å². The van der Waals surface area contributed by atoms with Crippen LogP contribution in [-0.2, 0) is 9.53 Å². The quantitative estimate of drug-likeness (QED) is 0.835. The molecule has 0 atom stereocenters. The molecule has 6 heteroatoms. The number of aryl methyl sites for hydroxylation is 1. The first-order valence-corrected chi connectivity index (χ1v) is 9.59. The van der Waals surface area contributed by atoms with Crippen LogP contribution in [0.25, 0.3) is 0 Å². The van der Waals surface area contributed by atoms with E-state index in [1.165, 1.54) is 10.5 Å². The smallest absolute Gasteiger partial charge is 0.281 e. The van der Waals surface area contributed by atoms with Crippen molar-refractivity contribution in [3.8, 4) is 0 Å². The van der Waals surface area contributed by atoms with Gasteiger partial charge >= 0.3 is 0 Å². The van der Waals surface area contributed by atoms with Crippen molar-refractivity contribution in [1.82, 2.24) is 0 Å². The minimum absolute atomic E-state index is 0.0299. The lowest BCUT2D eigenvalue weighted by molar-refractivity contribution is -0.906. The molecule has 0 bridgehead atoms. The molecule has 0 spiro atoms. The maximum Gasteiger partial charge on any atom is 0.281 e. The molecule has 2 aliphatic rings. The van der Waals surface area contributed by atoms with Crippen LogP contribution >= 0.6 is 15.9 Å². The van der Waals surface area contributed by atoms with Crippen LogP contribution in [0.15, 0.2) is 51.9 Å². The molecule has 2 aromatic rings. The van der Waals surface area contributed by atoms with E-state index in [0.29, 0.717) is 12.4 Å². The van der Waals surface area contributed by atoms with E-state index in [1.807, 2.05) is 54.3 Å². The SMILES string of the molecule is Cc1ccc(N=C2C(=O)N(C[NH+]3CCOCC3)c3ccc(Br)cc32)cc1. The van der Waals surface area contributed by atoms with Gasteiger partial charge in [0.05, 0.1) is 24.6 Å². The van der Waals surface area contributed by atoms with E-state index in [4.69, 9.17) is 4.74 Å². The number of hydrogen-bond donors (Lipinski definition) is 1. The molecule has 2 heterocycles. The number of quaternary nitrogens is 1. The minimum atomic E-state index is -0.0299. The molecule has 0 aliphatic carbocycles. The molecule has 4 rings (SSSR count). The summed E-state index contributed by atoms with van der Waals surface area (Å²) in [5, 5.41) is 0. The molecule has 0 saturated carbocycles. The molecule has 1 N–H and O–H groups in total. The Balaban J connectivity index is 1.70. The van der Waals surface area contributed by atoms with Crippen molar-refractivity contribution in [2.45, 2.75) is 6.92 Å². The van der Waals surface area contributed by atoms with E-state index in [0.717, 1.165) is 47.7 Å². The van der Waals surface area contributed by atoms with E-state index in [9.17, 15) is 4.79 Å². The van der Waals surface area contributed by atoms with Gasteiger partial charge in [0.2, 0.25) is 0 Å². The number of nitrogens with one attached hydrogen (secondary N) is 1. The molecule has 0 aromatic heterocycles. The molecule has 26 heavy (non-hydrogen) atoms. The zero-order valence-electron chi connectivity index (χ0n) is 14.7. The Hall–Kier alpha value is -2.02. The monoisotopic (exact) mass is 414 g/mol. The fraction of sp³-hybridized carbons (Fsp3) is 0.300. The lowest BCUT2D eigenvalue weighted by atomic mass is 10.1. The fourth-order valence-electron chi connectivity index (χ4n) is 3.34. The lowest BCUT2D eigenvalue weighted by Crippen LogP contribution is -3.15. The van der Waals surface area contributed by atoms with E-state index in [2.05, 4.69) is 20.9 Å². The number of anilines is 1. The highest BCUT2D eigenvalue weighted by Crippen LogP contribution is 2.32. The Labute approximate surface area is 161 Å². The molecular formula is C20H21BrN3O2+. The molecule has 134 valence electrons. The molecule has 2 aliphatic heterocycles. The summed E-state index contributed by atoms with van der Waals surface area (Å²) < 4.78 is 6.38. The van der Waals surface area contributed by atoms with Crippen LogP contribution in [0.5, 0.6) is 0 Å². The highest BCUT2D eigenvalue weighted by atomic mass is 79.9. The van der Waals surface area contributed by atoms with Crippen molar-refractivity contribution in [1.29, 1.82) is 0 Å². The molecule has 2 aromatic carbocycles. The second kappa shape index (κ2) is 7.31. The molecule has 0 unspecified atom stereocenters. The highest BCUT2D eigenvalue weighted by Gasteiger charge is 2.36. The predicted octanol–water partition coefficient (Wildman–Crippen LogP) is 2.10. The summed E-state index contributed by atoms with van der Waals surface area (Å²) in [7, 11) is 0. The number of aliphatic imine (C=N–C) groups is 1. The maximum absolute atomic E-state index is 13.2. The van der Waals surface area contributed by atoms with Gasteiger partial charge in [-0.1, -0.05) is 33.6 Å².